The van der Waals surface area contributed by atoms with Crippen LogP contribution in [0.2, 0.25) is 0 Å². The summed E-state index contributed by atoms with van der Waals surface area (Å²) >= 11 is 0. The van der Waals surface area contributed by atoms with Gasteiger partial charge in [0.1, 0.15) is 11.9 Å². The Morgan fingerprint density at radius 1 is 1.67 bits per heavy atom. The van der Waals surface area contributed by atoms with Gasteiger partial charge < -0.3 is 9.84 Å². The molecule has 0 aromatic heterocycles. The van der Waals surface area contributed by atoms with E-state index in [1.165, 1.54) is 13.2 Å². The number of hydrogen-bond donors (Lipinski definition) is 1. The van der Waals surface area contributed by atoms with Gasteiger partial charge in [0, 0.05) is 42.0 Å². The number of carbonyl (C=O) groups is 1. The molecular formula is C8H14AgO3. The van der Waals surface area contributed by atoms with Crippen molar-refractivity contribution in [1.82, 2.24) is 0 Å². The van der Waals surface area contributed by atoms with Gasteiger partial charge in [0.25, 0.3) is 0 Å². The largest absolute Gasteiger partial charge is 0.509 e. The van der Waals surface area contributed by atoms with Crippen LogP contribution in [0.15, 0.2) is 11.8 Å². The minimum Gasteiger partial charge on any atom is -0.509 e. The van der Waals surface area contributed by atoms with Crippen LogP contribution in [0.3, 0.4) is 0 Å². The Kier molecular flexibility index (Phi) is 9.09. The molecule has 3 nitrogen and oxygen atoms in total. The van der Waals surface area contributed by atoms with E-state index in [1.54, 1.807) is 13.8 Å². The number of ketones is 1. The van der Waals surface area contributed by atoms with E-state index in [0.29, 0.717) is 6.42 Å². The number of methoxy groups -OCH3 is 1. The van der Waals surface area contributed by atoms with Gasteiger partial charge in [-0.05, 0) is 6.92 Å². The van der Waals surface area contributed by atoms with E-state index in [1.807, 2.05) is 0 Å². The summed E-state index contributed by atoms with van der Waals surface area (Å²) < 4.78 is 4.79. The third-order valence-electron chi connectivity index (χ3n) is 1.43. The molecule has 4 heteroatoms. The molecule has 0 aliphatic heterocycles. The Morgan fingerprint density at radius 3 is 2.50 bits per heavy atom. The first-order valence-corrected chi connectivity index (χ1v) is 3.58. The number of aliphatic hydroxyl groups excluding tert-OH is 1. The van der Waals surface area contributed by atoms with Gasteiger partial charge in [0.2, 0.25) is 0 Å². The fourth-order valence-corrected chi connectivity index (χ4v) is 0.505. The molecule has 0 saturated carbocycles. The van der Waals surface area contributed by atoms with Crippen LogP contribution in [0, 0.1) is 0 Å². The second kappa shape index (κ2) is 7.55. The zero-order valence-corrected chi connectivity index (χ0v) is 8.91. The van der Waals surface area contributed by atoms with E-state index >= 15 is 0 Å². The summed E-state index contributed by atoms with van der Waals surface area (Å²) in [4.78, 5) is 10.8. The molecule has 0 bridgehead atoms. The van der Waals surface area contributed by atoms with Gasteiger partial charge in [-0.2, -0.15) is 0 Å². The molecule has 0 aromatic carbocycles. The van der Waals surface area contributed by atoms with Crippen molar-refractivity contribution in [2.75, 3.05) is 7.11 Å². The summed E-state index contributed by atoms with van der Waals surface area (Å²) in [6.45, 7) is 3.42. The molecule has 0 aromatic rings. The number of aliphatic hydroxyl groups is 1. The minimum atomic E-state index is -0.398. The predicted octanol–water partition coefficient (Wildman–Crippen LogP) is 1.44. The fraction of sp³-hybridized carbons (Fsp3) is 0.625. The van der Waals surface area contributed by atoms with Crippen LogP contribution in [0.1, 0.15) is 20.3 Å². The third-order valence-corrected chi connectivity index (χ3v) is 1.43. The number of allylic oxidation sites excluding steroid dienone is 1. The van der Waals surface area contributed by atoms with Crippen molar-refractivity contribution in [2.45, 2.75) is 26.4 Å². The zero-order valence-electron chi connectivity index (χ0n) is 7.43. The maximum absolute atomic E-state index is 10.8. The molecule has 1 radical (unpaired) electrons. The molecule has 0 amide bonds. The standard InChI is InChI=1S/C8H14O3.Ag/c1-4-7(9)5-8(10)6(2)11-3;/h5-6,10H,4H2,1-3H3;/b8-5-;. The molecule has 0 fully saturated rings. The van der Waals surface area contributed by atoms with E-state index < -0.39 is 6.10 Å². The van der Waals surface area contributed by atoms with Gasteiger partial charge in [-0.15, -0.1) is 0 Å². The number of ether oxygens (including phenoxy) is 1. The Morgan fingerprint density at radius 2 is 2.17 bits per heavy atom. The van der Waals surface area contributed by atoms with Crippen LogP contribution in [0.4, 0.5) is 0 Å². The molecule has 0 aliphatic rings. The first kappa shape index (κ1) is 14.4. The molecule has 1 unspecified atom stereocenters. The van der Waals surface area contributed by atoms with Gasteiger partial charge >= 0.3 is 0 Å². The van der Waals surface area contributed by atoms with Crippen molar-refractivity contribution in [3.63, 3.8) is 0 Å². The predicted molar refractivity (Wildman–Crippen MR) is 42.5 cm³/mol. The van der Waals surface area contributed by atoms with E-state index in [2.05, 4.69) is 0 Å². The van der Waals surface area contributed by atoms with Crippen molar-refractivity contribution >= 4 is 5.78 Å². The SMILES string of the molecule is CCC(=O)/C=C(\O)C(C)OC.[Ag]. The average molecular weight is 266 g/mol. The third kappa shape index (κ3) is 5.55. The average Bonchev–Trinajstić information content (AvgIpc) is 2.02. The van der Waals surface area contributed by atoms with Crippen molar-refractivity contribution in [1.29, 1.82) is 0 Å². The molecule has 0 heterocycles. The fourth-order valence-electron chi connectivity index (χ4n) is 0.505. The topological polar surface area (TPSA) is 46.5 Å². The first-order valence-electron chi connectivity index (χ1n) is 3.58. The van der Waals surface area contributed by atoms with Crippen molar-refractivity contribution in [2.24, 2.45) is 0 Å². The maximum Gasteiger partial charge on any atom is 0.158 e. The quantitative estimate of drug-likeness (QED) is 0.476. The van der Waals surface area contributed by atoms with Crippen LogP contribution in [-0.2, 0) is 31.9 Å². The maximum atomic E-state index is 10.8. The monoisotopic (exact) mass is 265 g/mol. The van der Waals surface area contributed by atoms with E-state index in [4.69, 9.17) is 9.84 Å². The number of carbonyl (C=O) groups excluding carboxylic acids is 1. The second-order valence-corrected chi connectivity index (χ2v) is 2.27. The normalized spacial score (nSPS) is 13.4. The Hall–Kier alpha value is -0.0897. The molecule has 1 atom stereocenters. The summed E-state index contributed by atoms with van der Waals surface area (Å²) in [5.41, 5.74) is 0. The molecule has 12 heavy (non-hydrogen) atoms. The molecule has 0 aliphatic carbocycles. The smallest absolute Gasteiger partial charge is 0.158 e. The van der Waals surface area contributed by atoms with Gasteiger partial charge in [0.15, 0.2) is 5.78 Å². The van der Waals surface area contributed by atoms with E-state index in [9.17, 15) is 4.79 Å². The van der Waals surface area contributed by atoms with Crippen LogP contribution >= 0.6 is 0 Å². The Balaban J connectivity index is 0. The van der Waals surface area contributed by atoms with Gasteiger partial charge in [0.05, 0.1) is 0 Å². The molecule has 75 valence electrons. The second-order valence-electron chi connectivity index (χ2n) is 2.27. The first-order chi connectivity index (χ1) is 5.11. The van der Waals surface area contributed by atoms with E-state index in [0.717, 1.165) is 0 Å². The number of rotatable bonds is 4. The Labute approximate surface area is 88.3 Å². The summed E-state index contributed by atoms with van der Waals surface area (Å²) in [7, 11) is 1.48. The number of hydrogen-bond acceptors (Lipinski definition) is 3. The summed E-state index contributed by atoms with van der Waals surface area (Å²) in [5, 5.41) is 9.13. The van der Waals surface area contributed by atoms with Crippen LogP contribution in [0.5, 0.6) is 0 Å². The van der Waals surface area contributed by atoms with Crippen LogP contribution in [-0.4, -0.2) is 24.1 Å². The summed E-state index contributed by atoms with van der Waals surface area (Å²) in [5.74, 6) is -0.106. The summed E-state index contributed by atoms with van der Waals surface area (Å²) in [6.07, 6.45) is 1.21. The molecule has 1 N–H and O–H groups in total. The summed E-state index contributed by atoms with van der Waals surface area (Å²) in [6, 6.07) is 0. The van der Waals surface area contributed by atoms with Crippen molar-refractivity contribution in [3.05, 3.63) is 11.8 Å². The molecule has 0 saturated heterocycles. The Bertz CT molecular complexity index is 166. The molecule has 0 rings (SSSR count). The van der Waals surface area contributed by atoms with Gasteiger partial charge in [-0.1, -0.05) is 6.92 Å². The molecular weight excluding hydrogens is 252 g/mol. The minimum absolute atomic E-state index is 0. The van der Waals surface area contributed by atoms with Crippen LogP contribution < -0.4 is 0 Å². The molecule has 0 spiro atoms. The van der Waals surface area contributed by atoms with Crippen LogP contribution in [0.25, 0.3) is 0 Å². The van der Waals surface area contributed by atoms with Crippen molar-refractivity contribution in [3.8, 4) is 0 Å². The zero-order chi connectivity index (χ0) is 8.85. The van der Waals surface area contributed by atoms with Gasteiger partial charge in [-0.25, -0.2) is 0 Å². The van der Waals surface area contributed by atoms with Crippen molar-refractivity contribution < 1.29 is 37.0 Å². The van der Waals surface area contributed by atoms with E-state index in [-0.39, 0.29) is 33.9 Å². The van der Waals surface area contributed by atoms with Gasteiger partial charge in [-0.3, -0.25) is 4.79 Å².